The Labute approximate surface area is 227 Å². The van der Waals surface area contributed by atoms with Crippen LogP contribution in [-0.4, -0.2) is 57.1 Å². The molecule has 3 aromatic carbocycles. The standard InChI is InChI=1S/C30H29N5O4/c1-19(36)35(13-12-34(2)3)23-8-6-22(7-9-23)32-29(21-5-11-26-27(17-21)39-15-14-38-26)28-24-10-4-20(18-31)16-25(24)33-30(28)37/h4-11,16-17,32H,12-15H2,1-3H3,(H,33,37). The van der Waals surface area contributed by atoms with E-state index in [0.717, 1.165) is 23.5 Å². The van der Waals surface area contributed by atoms with Crippen LogP contribution in [0.15, 0.2) is 60.7 Å². The van der Waals surface area contributed by atoms with Crippen LogP contribution >= 0.6 is 0 Å². The Morgan fingerprint density at radius 1 is 1.00 bits per heavy atom. The van der Waals surface area contributed by atoms with Gasteiger partial charge in [0.25, 0.3) is 5.91 Å². The summed E-state index contributed by atoms with van der Waals surface area (Å²) in [4.78, 5) is 29.3. The molecular weight excluding hydrogens is 494 g/mol. The summed E-state index contributed by atoms with van der Waals surface area (Å²) in [6.45, 7) is 3.79. The molecule has 0 saturated carbocycles. The molecule has 0 bridgehead atoms. The molecule has 0 fully saturated rings. The summed E-state index contributed by atoms with van der Waals surface area (Å²) >= 11 is 0. The van der Waals surface area contributed by atoms with Crippen molar-refractivity contribution in [3.05, 3.63) is 77.4 Å². The van der Waals surface area contributed by atoms with Gasteiger partial charge in [0.05, 0.1) is 28.6 Å². The maximum absolute atomic E-state index is 13.3. The molecule has 2 amide bonds. The first-order chi connectivity index (χ1) is 18.8. The number of carbonyl (C=O) groups is 2. The molecule has 2 heterocycles. The lowest BCUT2D eigenvalue weighted by Crippen LogP contribution is -2.35. The molecule has 0 saturated heterocycles. The number of hydrogen-bond acceptors (Lipinski definition) is 7. The van der Waals surface area contributed by atoms with E-state index in [-0.39, 0.29) is 11.8 Å². The molecule has 0 aromatic heterocycles. The van der Waals surface area contributed by atoms with Crippen LogP contribution in [0.3, 0.4) is 0 Å². The molecule has 39 heavy (non-hydrogen) atoms. The number of benzene rings is 3. The van der Waals surface area contributed by atoms with E-state index in [1.54, 1.807) is 30.0 Å². The SMILES string of the molecule is CC(=O)N(CCN(C)C)c1ccc(NC(=C2C(=O)Nc3cc(C#N)ccc32)c2ccc3c(c2)OCCO3)cc1. The van der Waals surface area contributed by atoms with Gasteiger partial charge < -0.3 is 29.9 Å². The van der Waals surface area contributed by atoms with Crippen molar-refractivity contribution in [3.8, 4) is 17.6 Å². The van der Waals surface area contributed by atoms with Gasteiger partial charge in [-0.25, -0.2) is 0 Å². The minimum absolute atomic E-state index is 0.0346. The molecule has 3 aromatic rings. The highest BCUT2D eigenvalue weighted by Gasteiger charge is 2.29. The second-order valence-electron chi connectivity index (χ2n) is 9.58. The van der Waals surface area contributed by atoms with Crippen LogP contribution in [0.5, 0.6) is 11.5 Å². The van der Waals surface area contributed by atoms with Crippen molar-refractivity contribution < 1.29 is 19.1 Å². The van der Waals surface area contributed by atoms with Crippen LogP contribution in [0.25, 0.3) is 11.3 Å². The molecule has 9 nitrogen and oxygen atoms in total. The highest BCUT2D eigenvalue weighted by Crippen LogP contribution is 2.40. The van der Waals surface area contributed by atoms with Crippen molar-refractivity contribution in [2.45, 2.75) is 6.92 Å². The second-order valence-corrected chi connectivity index (χ2v) is 9.58. The van der Waals surface area contributed by atoms with Crippen LogP contribution in [-0.2, 0) is 9.59 Å². The lowest BCUT2D eigenvalue weighted by molar-refractivity contribution is -0.116. The summed E-state index contributed by atoms with van der Waals surface area (Å²) < 4.78 is 11.5. The third-order valence-electron chi connectivity index (χ3n) is 6.57. The number of ether oxygens (including phenoxy) is 2. The molecule has 9 heteroatoms. The monoisotopic (exact) mass is 523 g/mol. The molecule has 0 radical (unpaired) electrons. The first-order valence-corrected chi connectivity index (χ1v) is 12.6. The second kappa shape index (κ2) is 10.9. The van der Waals surface area contributed by atoms with E-state index in [2.05, 4.69) is 16.7 Å². The Balaban J connectivity index is 1.55. The topological polar surface area (TPSA) is 107 Å². The van der Waals surface area contributed by atoms with Crippen molar-refractivity contribution in [2.75, 3.05) is 55.9 Å². The molecule has 2 aliphatic heterocycles. The maximum Gasteiger partial charge on any atom is 0.258 e. The summed E-state index contributed by atoms with van der Waals surface area (Å²) in [7, 11) is 3.94. The van der Waals surface area contributed by atoms with E-state index in [1.165, 1.54) is 0 Å². The van der Waals surface area contributed by atoms with Gasteiger partial charge >= 0.3 is 0 Å². The fourth-order valence-corrected chi connectivity index (χ4v) is 4.61. The average molecular weight is 524 g/mol. The van der Waals surface area contributed by atoms with Gasteiger partial charge in [-0.2, -0.15) is 5.26 Å². The maximum atomic E-state index is 13.3. The van der Waals surface area contributed by atoms with E-state index in [4.69, 9.17) is 9.47 Å². The molecule has 2 N–H and O–H groups in total. The molecule has 0 aliphatic carbocycles. The van der Waals surface area contributed by atoms with Crippen molar-refractivity contribution >= 4 is 40.1 Å². The number of nitrogens with zero attached hydrogens (tertiary/aromatic N) is 3. The molecule has 5 rings (SSSR count). The highest BCUT2D eigenvalue weighted by molar-refractivity contribution is 6.37. The zero-order valence-corrected chi connectivity index (χ0v) is 22.1. The third-order valence-corrected chi connectivity index (χ3v) is 6.57. The Hall–Kier alpha value is -4.81. The fraction of sp³-hybridized carbons (Fsp3) is 0.233. The molecule has 0 unspecified atom stereocenters. The predicted molar refractivity (Wildman–Crippen MR) is 151 cm³/mol. The molecule has 198 valence electrons. The lowest BCUT2D eigenvalue weighted by Gasteiger charge is -2.24. The van der Waals surface area contributed by atoms with E-state index < -0.39 is 0 Å². The summed E-state index contributed by atoms with van der Waals surface area (Å²) in [6.07, 6.45) is 0. The van der Waals surface area contributed by atoms with Gasteiger partial charge in [0.1, 0.15) is 13.2 Å². The number of hydrogen-bond donors (Lipinski definition) is 2. The molecule has 0 atom stereocenters. The minimum atomic E-state index is -0.277. The van der Waals surface area contributed by atoms with E-state index in [9.17, 15) is 14.9 Å². The third kappa shape index (κ3) is 5.42. The fourth-order valence-electron chi connectivity index (χ4n) is 4.61. The van der Waals surface area contributed by atoms with Gasteiger partial charge in [-0.05, 0) is 68.7 Å². The summed E-state index contributed by atoms with van der Waals surface area (Å²) in [5, 5.41) is 15.6. The zero-order chi connectivity index (χ0) is 27.5. The highest BCUT2D eigenvalue weighted by atomic mass is 16.6. The van der Waals surface area contributed by atoms with E-state index >= 15 is 0 Å². The van der Waals surface area contributed by atoms with Crippen molar-refractivity contribution in [2.24, 2.45) is 0 Å². The Morgan fingerprint density at radius 2 is 1.74 bits per heavy atom. The summed E-state index contributed by atoms with van der Waals surface area (Å²) in [5.41, 5.74) is 5.03. The lowest BCUT2D eigenvalue weighted by atomic mass is 9.98. The first-order valence-electron chi connectivity index (χ1n) is 12.6. The predicted octanol–water partition coefficient (Wildman–Crippen LogP) is 4.18. The van der Waals surface area contributed by atoms with Gasteiger partial charge in [0.15, 0.2) is 11.5 Å². The van der Waals surface area contributed by atoms with E-state index in [0.29, 0.717) is 59.3 Å². The van der Waals surface area contributed by atoms with Gasteiger partial charge in [0.2, 0.25) is 5.91 Å². The number of nitrogens with one attached hydrogen (secondary N) is 2. The van der Waals surface area contributed by atoms with Crippen LogP contribution in [0.2, 0.25) is 0 Å². The van der Waals surface area contributed by atoms with Crippen LogP contribution in [0.1, 0.15) is 23.6 Å². The van der Waals surface area contributed by atoms with Gasteiger partial charge in [-0.3, -0.25) is 9.59 Å². The Bertz CT molecular complexity index is 1500. The first kappa shape index (κ1) is 25.8. The molecule has 2 aliphatic rings. The van der Waals surface area contributed by atoms with Gasteiger partial charge in [0, 0.05) is 42.5 Å². The largest absolute Gasteiger partial charge is 0.486 e. The average Bonchev–Trinajstić information content (AvgIpc) is 3.26. The summed E-state index contributed by atoms with van der Waals surface area (Å²) in [6, 6.07) is 20.3. The number of carbonyl (C=O) groups excluding carboxylic acids is 2. The number of nitriles is 1. The van der Waals surface area contributed by atoms with Crippen molar-refractivity contribution in [3.63, 3.8) is 0 Å². The van der Waals surface area contributed by atoms with Crippen LogP contribution in [0, 0.1) is 11.3 Å². The van der Waals surface area contributed by atoms with Gasteiger partial charge in [-0.1, -0.05) is 6.07 Å². The minimum Gasteiger partial charge on any atom is -0.486 e. The molecular formula is C30H29N5O4. The Morgan fingerprint density at radius 3 is 2.44 bits per heavy atom. The normalized spacial score (nSPS) is 14.8. The quantitative estimate of drug-likeness (QED) is 0.448. The number of anilines is 3. The van der Waals surface area contributed by atoms with Crippen LogP contribution < -0.4 is 25.0 Å². The van der Waals surface area contributed by atoms with E-state index in [1.807, 2.05) is 61.5 Å². The Kier molecular flexibility index (Phi) is 7.21. The smallest absolute Gasteiger partial charge is 0.258 e. The number of fused-ring (bicyclic) bond motifs is 2. The van der Waals surface area contributed by atoms with Crippen LogP contribution in [0.4, 0.5) is 17.1 Å². The van der Waals surface area contributed by atoms with Crippen molar-refractivity contribution in [1.29, 1.82) is 5.26 Å². The van der Waals surface area contributed by atoms with Crippen molar-refractivity contribution in [1.82, 2.24) is 4.90 Å². The zero-order valence-electron chi connectivity index (χ0n) is 22.1. The van der Waals surface area contributed by atoms with Gasteiger partial charge in [-0.15, -0.1) is 0 Å². The number of rotatable bonds is 7. The number of amides is 2. The molecule has 0 spiro atoms. The number of likely N-dealkylation sites (N-methyl/N-ethyl adjacent to an activating group) is 1. The summed E-state index contributed by atoms with van der Waals surface area (Å²) in [5.74, 6) is 0.939.